The van der Waals surface area contributed by atoms with Gasteiger partial charge in [0.2, 0.25) is 10.0 Å². The van der Waals surface area contributed by atoms with Crippen LogP contribution in [0.2, 0.25) is 0 Å². The van der Waals surface area contributed by atoms with E-state index < -0.39 is 10.0 Å². The zero-order valence-electron chi connectivity index (χ0n) is 10.5. The highest BCUT2D eigenvalue weighted by molar-refractivity contribution is 7.89. The van der Waals surface area contributed by atoms with E-state index in [0.717, 1.165) is 5.56 Å². The van der Waals surface area contributed by atoms with Crippen molar-refractivity contribution in [2.45, 2.75) is 11.4 Å². The summed E-state index contributed by atoms with van der Waals surface area (Å²) < 4.78 is 26.8. The smallest absolute Gasteiger partial charge is 0.242 e. The molecule has 0 saturated heterocycles. The molecule has 0 atom stereocenters. The number of hydrogen-bond donors (Lipinski definition) is 2. The van der Waals surface area contributed by atoms with E-state index in [-0.39, 0.29) is 18.0 Å². The Bertz CT molecular complexity index is 728. The summed E-state index contributed by atoms with van der Waals surface area (Å²) in [5, 5.41) is 3.79. The van der Waals surface area contributed by atoms with Crippen molar-refractivity contribution in [2.24, 2.45) is 5.73 Å². The Morgan fingerprint density at radius 3 is 2.95 bits per heavy atom. The molecular weight excluding hydrogens is 294 g/mol. The van der Waals surface area contributed by atoms with Crippen molar-refractivity contribution in [3.63, 3.8) is 0 Å². The first-order chi connectivity index (χ1) is 9.62. The molecule has 0 aliphatic rings. The van der Waals surface area contributed by atoms with Crippen LogP contribution in [-0.2, 0) is 16.6 Å². The molecule has 0 spiro atoms. The molecule has 20 heavy (non-hydrogen) atoms. The summed E-state index contributed by atoms with van der Waals surface area (Å²) in [5.74, 6) is 5.42. The van der Waals surface area contributed by atoms with E-state index in [9.17, 15) is 8.42 Å². The summed E-state index contributed by atoms with van der Waals surface area (Å²) in [6.45, 7) is 0.470. The molecule has 2 heterocycles. The molecule has 0 radical (unpaired) electrons. The van der Waals surface area contributed by atoms with Gasteiger partial charge in [-0.2, -0.15) is 11.3 Å². The minimum absolute atomic E-state index is 0.0940. The van der Waals surface area contributed by atoms with E-state index in [4.69, 9.17) is 5.73 Å². The van der Waals surface area contributed by atoms with E-state index in [1.807, 2.05) is 16.8 Å². The number of sulfonamides is 1. The first-order valence-corrected chi connectivity index (χ1v) is 8.19. The zero-order valence-corrected chi connectivity index (χ0v) is 12.2. The van der Waals surface area contributed by atoms with Crippen LogP contribution in [0.3, 0.4) is 0 Å². The van der Waals surface area contributed by atoms with Gasteiger partial charge in [-0.25, -0.2) is 13.1 Å². The molecule has 2 aromatic heterocycles. The predicted molar refractivity (Wildman–Crippen MR) is 78.5 cm³/mol. The van der Waals surface area contributed by atoms with Gasteiger partial charge in [0.1, 0.15) is 4.90 Å². The molecule has 0 bridgehead atoms. The molecule has 7 heteroatoms. The van der Waals surface area contributed by atoms with Gasteiger partial charge in [0.15, 0.2) is 0 Å². The van der Waals surface area contributed by atoms with E-state index in [1.54, 1.807) is 0 Å². The van der Waals surface area contributed by atoms with Crippen LogP contribution in [0.4, 0.5) is 0 Å². The Kier molecular flexibility index (Phi) is 4.87. The SMILES string of the molecule is NCC#Cc1cncc(S(=O)(=O)NCc2ccsc2)c1. The van der Waals surface area contributed by atoms with Gasteiger partial charge in [0.25, 0.3) is 0 Å². The average molecular weight is 307 g/mol. The maximum atomic E-state index is 12.1. The van der Waals surface area contributed by atoms with Gasteiger partial charge in [-0.15, -0.1) is 0 Å². The molecule has 0 unspecified atom stereocenters. The summed E-state index contributed by atoms with van der Waals surface area (Å²) in [5.41, 5.74) is 6.72. The quantitative estimate of drug-likeness (QED) is 0.823. The highest BCUT2D eigenvalue weighted by Gasteiger charge is 2.14. The second-order valence-electron chi connectivity index (χ2n) is 3.87. The fourth-order valence-electron chi connectivity index (χ4n) is 1.44. The predicted octanol–water partition coefficient (Wildman–Crippen LogP) is 0.932. The van der Waals surface area contributed by atoms with Crippen molar-refractivity contribution in [3.8, 4) is 11.8 Å². The van der Waals surface area contributed by atoms with Gasteiger partial charge in [-0.3, -0.25) is 4.98 Å². The Labute approximate surface area is 121 Å². The van der Waals surface area contributed by atoms with Gasteiger partial charge in [-0.05, 0) is 28.5 Å². The third kappa shape index (κ3) is 3.88. The van der Waals surface area contributed by atoms with E-state index in [1.165, 1.54) is 29.8 Å². The molecule has 0 aliphatic carbocycles. The summed E-state index contributed by atoms with van der Waals surface area (Å²) >= 11 is 1.52. The highest BCUT2D eigenvalue weighted by Crippen LogP contribution is 2.11. The van der Waals surface area contributed by atoms with E-state index >= 15 is 0 Å². The topological polar surface area (TPSA) is 85.1 Å². The Balaban J connectivity index is 2.16. The number of nitrogens with one attached hydrogen (secondary N) is 1. The first kappa shape index (κ1) is 14.7. The third-order valence-corrected chi connectivity index (χ3v) is 4.50. The lowest BCUT2D eigenvalue weighted by molar-refractivity contribution is 0.581. The van der Waals surface area contributed by atoms with Gasteiger partial charge in [0.05, 0.1) is 6.54 Å². The lowest BCUT2D eigenvalue weighted by Gasteiger charge is -2.05. The lowest BCUT2D eigenvalue weighted by atomic mass is 10.3. The van der Waals surface area contributed by atoms with Crippen LogP contribution < -0.4 is 10.5 Å². The summed E-state index contributed by atoms with van der Waals surface area (Å²) in [6.07, 6.45) is 2.80. The normalized spacial score (nSPS) is 10.8. The number of nitrogens with zero attached hydrogens (tertiary/aromatic N) is 1. The largest absolute Gasteiger partial charge is 0.320 e. The van der Waals surface area contributed by atoms with Gasteiger partial charge in [0, 0.05) is 24.5 Å². The standard InChI is InChI=1S/C13H13N3O2S2/c14-4-1-2-11-6-13(9-15-7-11)20(17,18)16-8-12-3-5-19-10-12/h3,5-7,9-10,16H,4,8,14H2. The Hall–Kier alpha value is -1.72. The molecule has 3 N–H and O–H groups in total. The number of pyridine rings is 1. The van der Waals surface area contributed by atoms with E-state index in [2.05, 4.69) is 21.5 Å². The van der Waals surface area contributed by atoms with Gasteiger partial charge < -0.3 is 5.73 Å². The number of hydrogen-bond acceptors (Lipinski definition) is 5. The van der Waals surface area contributed by atoms with Crippen LogP contribution in [0.25, 0.3) is 0 Å². The minimum Gasteiger partial charge on any atom is -0.320 e. The van der Waals surface area contributed by atoms with Crippen molar-refractivity contribution in [1.29, 1.82) is 0 Å². The van der Waals surface area contributed by atoms with E-state index in [0.29, 0.717) is 5.56 Å². The van der Waals surface area contributed by atoms with Crippen LogP contribution in [0, 0.1) is 11.8 Å². The number of rotatable bonds is 4. The molecule has 0 fully saturated rings. The van der Waals surface area contributed by atoms with Crippen molar-refractivity contribution >= 4 is 21.4 Å². The van der Waals surface area contributed by atoms with Gasteiger partial charge >= 0.3 is 0 Å². The molecule has 0 saturated carbocycles. The first-order valence-electron chi connectivity index (χ1n) is 5.76. The Morgan fingerprint density at radius 1 is 1.40 bits per heavy atom. The fraction of sp³-hybridized carbons (Fsp3) is 0.154. The zero-order chi connectivity index (χ0) is 14.4. The molecule has 0 aromatic carbocycles. The average Bonchev–Trinajstić information content (AvgIpc) is 2.97. The van der Waals surface area contributed by atoms with Crippen LogP contribution in [0.15, 0.2) is 40.2 Å². The minimum atomic E-state index is -3.59. The maximum Gasteiger partial charge on any atom is 0.242 e. The third-order valence-electron chi connectivity index (χ3n) is 2.40. The van der Waals surface area contributed by atoms with Crippen LogP contribution >= 0.6 is 11.3 Å². The molecule has 2 rings (SSSR count). The Morgan fingerprint density at radius 2 is 2.25 bits per heavy atom. The van der Waals surface area contributed by atoms with Crippen LogP contribution in [-0.4, -0.2) is 19.9 Å². The number of nitrogens with two attached hydrogens (primary N) is 1. The van der Waals surface area contributed by atoms with Crippen molar-refractivity contribution in [3.05, 3.63) is 46.4 Å². The monoisotopic (exact) mass is 307 g/mol. The van der Waals surface area contributed by atoms with Gasteiger partial charge in [-0.1, -0.05) is 11.8 Å². The molecule has 2 aromatic rings. The number of thiophene rings is 1. The van der Waals surface area contributed by atoms with Crippen molar-refractivity contribution < 1.29 is 8.42 Å². The van der Waals surface area contributed by atoms with Crippen molar-refractivity contribution in [2.75, 3.05) is 6.54 Å². The summed E-state index contributed by atoms with van der Waals surface area (Å²) in [4.78, 5) is 3.98. The molecule has 104 valence electrons. The lowest BCUT2D eigenvalue weighted by Crippen LogP contribution is -2.23. The molecular formula is C13H13N3O2S2. The van der Waals surface area contributed by atoms with Crippen molar-refractivity contribution in [1.82, 2.24) is 9.71 Å². The van der Waals surface area contributed by atoms with Crippen LogP contribution in [0.5, 0.6) is 0 Å². The molecule has 0 amide bonds. The molecule has 0 aliphatic heterocycles. The summed E-state index contributed by atoms with van der Waals surface area (Å²) in [7, 11) is -3.59. The second-order valence-corrected chi connectivity index (χ2v) is 6.42. The highest BCUT2D eigenvalue weighted by atomic mass is 32.2. The fourth-order valence-corrected chi connectivity index (χ4v) is 3.12. The summed E-state index contributed by atoms with van der Waals surface area (Å²) in [6, 6.07) is 3.35. The second kappa shape index (κ2) is 6.63. The number of aromatic nitrogens is 1. The van der Waals surface area contributed by atoms with Crippen LogP contribution in [0.1, 0.15) is 11.1 Å². The molecule has 5 nitrogen and oxygen atoms in total. The maximum absolute atomic E-state index is 12.1.